The summed E-state index contributed by atoms with van der Waals surface area (Å²) in [5.74, 6) is -3.70. The SMILES string of the molecule is CC(F)(F)c1cccc(S(=O)(=O)CC2CCN(S(C)(=O)=O)C2)c1. The third-order valence-electron chi connectivity index (χ3n) is 3.87. The molecule has 1 saturated heterocycles. The molecule has 0 amide bonds. The van der Waals surface area contributed by atoms with E-state index in [0.29, 0.717) is 13.3 Å². The molecule has 1 aromatic rings. The molecular weight excluding hydrogens is 348 g/mol. The van der Waals surface area contributed by atoms with Gasteiger partial charge in [-0.1, -0.05) is 12.1 Å². The number of halogens is 2. The van der Waals surface area contributed by atoms with Crippen LogP contribution in [0.1, 0.15) is 18.9 Å². The number of nitrogens with zero attached hydrogens (tertiary/aromatic N) is 1. The van der Waals surface area contributed by atoms with Gasteiger partial charge in [-0.25, -0.2) is 29.9 Å². The molecule has 0 aliphatic carbocycles. The van der Waals surface area contributed by atoms with Crippen molar-refractivity contribution in [1.29, 1.82) is 0 Å². The molecule has 0 saturated carbocycles. The Bertz CT molecular complexity index is 785. The maximum absolute atomic E-state index is 13.3. The number of sulfonamides is 1. The lowest BCUT2D eigenvalue weighted by molar-refractivity contribution is 0.0172. The smallest absolute Gasteiger partial charge is 0.224 e. The highest BCUT2D eigenvalue weighted by Crippen LogP contribution is 2.30. The highest BCUT2D eigenvalue weighted by Gasteiger charge is 2.33. The number of hydrogen-bond acceptors (Lipinski definition) is 4. The normalized spacial score (nSPS) is 20.8. The highest BCUT2D eigenvalue weighted by atomic mass is 32.2. The van der Waals surface area contributed by atoms with E-state index in [-0.39, 0.29) is 35.2 Å². The topological polar surface area (TPSA) is 71.5 Å². The van der Waals surface area contributed by atoms with Gasteiger partial charge >= 0.3 is 0 Å². The third-order valence-corrected chi connectivity index (χ3v) is 7.02. The van der Waals surface area contributed by atoms with Crippen LogP contribution < -0.4 is 0 Å². The molecule has 0 bridgehead atoms. The summed E-state index contributed by atoms with van der Waals surface area (Å²) in [5.41, 5.74) is -0.359. The molecule has 9 heteroatoms. The first-order valence-corrected chi connectivity index (χ1v) is 10.6. The molecule has 2 rings (SSSR count). The summed E-state index contributed by atoms with van der Waals surface area (Å²) in [6, 6.07) is 4.74. The van der Waals surface area contributed by atoms with Crippen molar-refractivity contribution in [2.24, 2.45) is 5.92 Å². The lowest BCUT2D eigenvalue weighted by Gasteiger charge is -2.15. The Morgan fingerprint density at radius 1 is 1.26 bits per heavy atom. The van der Waals surface area contributed by atoms with Crippen LogP contribution in [-0.4, -0.2) is 46.2 Å². The van der Waals surface area contributed by atoms with E-state index in [9.17, 15) is 25.6 Å². The van der Waals surface area contributed by atoms with Gasteiger partial charge in [0.05, 0.1) is 16.9 Å². The molecule has 1 aliphatic rings. The van der Waals surface area contributed by atoms with E-state index >= 15 is 0 Å². The van der Waals surface area contributed by atoms with Gasteiger partial charge in [0.1, 0.15) is 0 Å². The maximum atomic E-state index is 13.3. The van der Waals surface area contributed by atoms with Gasteiger partial charge in [0.15, 0.2) is 9.84 Å². The fourth-order valence-electron chi connectivity index (χ4n) is 2.60. The van der Waals surface area contributed by atoms with Crippen LogP contribution >= 0.6 is 0 Å². The number of hydrogen-bond donors (Lipinski definition) is 0. The molecule has 0 spiro atoms. The zero-order valence-corrected chi connectivity index (χ0v) is 14.5. The van der Waals surface area contributed by atoms with Crippen LogP contribution in [0.2, 0.25) is 0 Å². The predicted octanol–water partition coefficient (Wildman–Crippen LogP) is 1.85. The van der Waals surface area contributed by atoms with E-state index in [0.717, 1.165) is 12.3 Å². The average Bonchev–Trinajstić information content (AvgIpc) is 2.85. The molecule has 1 aromatic carbocycles. The summed E-state index contributed by atoms with van der Waals surface area (Å²) in [7, 11) is -7.09. The first kappa shape index (κ1) is 18.3. The van der Waals surface area contributed by atoms with Crippen LogP contribution in [0.5, 0.6) is 0 Å². The minimum atomic E-state index is -3.75. The summed E-state index contributed by atoms with van der Waals surface area (Å²) in [6.07, 6.45) is 1.52. The molecule has 130 valence electrons. The van der Waals surface area contributed by atoms with Crippen LogP contribution in [0.3, 0.4) is 0 Å². The van der Waals surface area contributed by atoms with E-state index in [2.05, 4.69) is 0 Å². The van der Waals surface area contributed by atoms with Gasteiger partial charge < -0.3 is 0 Å². The fraction of sp³-hybridized carbons (Fsp3) is 0.571. The van der Waals surface area contributed by atoms with Gasteiger partial charge in [0, 0.05) is 25.6 Å². The Balaban J connectivity index is 2.18. The Hall–Kier alpha value is -1.06. The molecule has 0 radical (unpaired) electrons. The van der Waals surface area contributed by atoms with E-state index in [4.69, 9.17) is 0 Å². The maximum Gasteiger partial charge on any atom is 0.270 e. The van der Waals surface area contributed by atoms with Crippen LogP contribution in [0.25, 0.3) is 0 Å². The monoisotopic (exact) mass is 367 g/mol. The Labute approximate surface area is 135 Å². The molecule has 1 fully saturated rings. The fourth-order valence-corrected chi connectivity index (χ4v) is 5.20. The minimum Gasteiger partial charge on any atom is -0.224 e. The van der Waals surface area contributed by atoms with Gasteiger partial charge in [-0.05, 0) is 24.5 Å². The molecule has 1 atom stereocenters. The first-order valence-electron chi connectivity index (χ1n) is 7.06. The van der Waals surface area contributed by atoms with Crippen LogP contribution in [0.15, 0.2) is 29.2 Å². The van der Waals surface area contributed by atoms with Crippen LogP contribution in [0.4, 0.5) is 8.78 Å². The van der Waals surface area contributed by atoms with Gasteiger partial charge in [-0.3, -0.25) is 0 Å². The lowest BCUT2D eigenvalue weighted by atomic mass is 10.1. The summed E-state index contributed by atoms with van der Waals surface area (Å²) in [5, 5.41) is 0. The second-order valence-electron chi connectivity index (χ2n) is 5.97. The molecule has 0 N–H and O–H groups in total. The van der Waals surface area contributed by atoms with Crippen molar-refractivity contribution in [3.05, 3.63) is 29.8 Å². The van der Waals surface area contributed by atoms with Crippen molar-refractivity contribution >= 4 is 19.9 Å². The standard InChI is InChI=1S/C14H19F2NO4S2/c1-14(15,16)12-4-3-5-13(8-12)23(20,21)10-11-6-7-17(9-11)22(2,18)19/h3-5,8,11H,6-7,9-10H2,1-2H3. The largest absolute Gasteiger partial charge is 0.270 e. The Kier molecular flexibility index (Phi) is 4.85. The molecule has 1 aliphatic heterocycles. The highest BCUT2D eigenvalue weighted by molar-refractivity contribution is 7.91. The molecule has 5 nitrogen and oxygen atoms in total. The van der Waals surface area contributed by atoms with E-state index in [1.165, 1.54) is 22.5 Å². The number of sulfone groups is 1. The summed E-state index contributed by atoms with van der Waals surface area (Å²) in [4.78, 5) is -0.158. The van der Waals surface area contributed by atoms with Crippen molar-refractivity contribution in [3.8, 4) is 0 Å². The number of alkyl halides is 2. The number of rotatable bonds is 5. The van der Waals surface area contributed by atoms with Crippen molar-refractivity contribution in [3.63, 3.8) is 0 Å². The zero-order chi connectivity index (χ0) is 17.5. The quantitative estimate of drug-likeness (QED) is 0.796. The van der Waals surface area contributed by atoms with Crippen LogP contribution in [0, 0.1) is 5.92 Å². The van der Waals surface area contributed by atoms with Gasteiger partial charge in [-0.15, -0.1) is 0 Å². The second-order valence-corrected chi connectivity index (χ2v) is 9.99. The van der Waals surface area contributed by atoms with Crippen molar-refractivity contribution in [2.45, 2.75) is 24.2 Å². The molecule has 1 unspecified atom stereocenters. The summed E-state index contributed by atoms with van der Waals surface area (Å²) in [6.45, 7) is 1.13. The summed E-state index contributed by atoms with van der Waals surface area (Å²) >= 11 is 0. The molecular formula is C14H19F2NO4S2. The molecule has 0 aromatic heterocycles. The van der Waals surface area contributed by atoms with Crippen LogP contribution in [-0.2, 0) is 25.8 Å². The second kappa shape index (κ2) is 6.10. The predicted molar refractivity (Wildman–Crippen MR) is 82.6 cm³/mol. The van der Waals surface area contributed by atoms with Gasteiger partial charge in [0.25, 0.3) is 5.92 Å². The Morgan fingerprint density at radius 3 is 2.43 bits per heavy atom. The molecule has 1 heterocycles. The van der Waals surface area contributed by atoms with Crippen molar-refractivity contribution < 1.29 is 25.6 Å². The van der Waals surface area contributed by atoms with Gasteiger partial charge in [-0.2, -0.15) is 0 Å². The average molecular weight is 367 g/mol. The summed E-state index contributed by atoms with van der Waals surface area (Å²) < 4.78 is 75.7. The van der Waals surface area contributed by atoms with Gasteiger partial charge in [0.2, 0.25) is 10.0 Å². The molecule has 23 heavy (non-hydrogen) atoms. The van der Waals surface area contributed by atoms with Crippen molar-refractivity contribution in [2.75, 3.05) is 25.1 Å². The van der Waals surface area contributed by atoms with Crippen molar-refractivity contribution in [1.82, 2.24) is 4.31 Å². The van der Waals surface area contributed by atoms with E-state index in [1.54, 1.807) is 0 Å². The minimum absolute atomic E-state index is 0.141. The van der Waals surface area contributed by atoms with E-state index in [1.807, 2.05) is 0 Å². The lowest BCUT2D eigenvalue weighted by Crippen LogP contribution is -2.28. The Morgan fingerprint density at radius 2 is 1.91 bits per heavy atom. The third kappa shape index (κ3) is 4.48. The van der Waals surface area contributed by atoms with E-state index < -0.39 is 25.8 Å². The zero-order valence-electron chi connectivity index (χ0n) is 12.9. The first-order chi connectivity index (χ1) is 10.4. The number of benzene rings is 1.